The number of hydrogen-bond donors (Lipinski definition) is 0. The number of esters is 1. The third-order valence-electron chi connectivity index (χ3n) is 3.42. The van der Waals surface area contributed by atoms with Gasteiger partial charge in [0, 0.05) is 0 Å². The van der Waals surface area contributed by atoms with Crippen molar-refractivity contribution in [2.24, 2.45) is 5.92 Å². The molecule has 5 heteroatoms. The quantitative estimate of drug-likeness (QED) is 0.341. The summed E-state index contributed by atoms with van der Waals surface area (Å²) in [6.07, 6.45) is 0. The number of hydrogen-bond acceptors (Lipinski definition) is 4. The molecule has 0 aliphatic carbocycles. The van der Waals surface area contributed by atoms with Gasteiger partial charge in [-0.05, 0) is 31.5 Å². The van der Waals surface area contributed by atoms with Crippen LogP contribution in [0.25, 0.3) is 0 Å². The topological polar surface area (TPSA) is 52.6 Å². The number of rotatable bonds is 7. The minimum absolute atomic E-state index is 0. The summed E-state index contributed by atoms with van der Waals surface area (Å²) in [5.41, 5.74) is 1.40. The molecule has 0 spiro atoms. The van der Waals surface area contributed by atoms with Gasteiger partial charge in [-0.15, -0.1) is 0 Å². The van der Waals surface area contributed by atoms with Crippen molar-refractivity contribution in [3.05, 3.63) is 65.7 Å². The number of ketones is 1. The molecule has 24 heavy (non-hydrogen) atoms. The van der Waals surface area contributed by atoms with E-state index < -0.39 is 11.9 Å². The Hall–Kier alpha value is -2.02. The van der Waals surface area contributed by atoms with Crippen LogP contribution in [-0.4, -0.2) is 37.2 Å². The van der Waals surface area contributed by atoms with Crippen molar-refractivity contribution < 1.29 is 19.1 Å². The summed E-state index contributed by atoms with van der Waals surface area (Å²) in [5.74, 6) is -1.20. The molecule has 4 nitrogen and oxygen atoms in total. The number of benzene rings is 2. The van der Waals surface area contributed by atoms with Crippen LogP contribution in [0.5, 0.6) is 5.75 Å². The van der Waals surface area contributed by atoms with Gasteiger partial charge in [0.15, 0.2) is 5.78 Å². The first kappa shape index (κ1) is 20.0. The molecule has 0 aliphatic heterocycles. The van der Waals surface area contributed by atoms with E-state index >= 15 is 0 Å². The second-order valence-corrected chi connectivity index (χ2v) is 5.11. The molecule has 2 rings (SSSR count). The predicted molar refractivity (Wildman–Crippen MR) is 94.5 cm³/mol. The molecule has 0 N–H and O–H groups in total. The second kappa shape index (κ2) is 9.97. The third-order valence-corrected chi connectivity index (χ3v) is 3.42. The van der Waals surface area contributed by atoms with E-state index in [1.807, 2.05) is 30.3 Å². The zero-order valence-electron chi connectivity index (χ0n) is 13.3. The molecule has 0 bridgehead atoms. The van der Waals surface area contributed by atoms with Crippen LogP contribution in [0.4, 0.5) is 0 Å². The van der Waals surface area contributed by atoms with Gasteiger partial charge in [0.05, 0.1) is 12.2 Å². The van der Waals surface area contributed by atoms with Gasteiger partial charge in [-0.25, -0.2) is 0 Å². The number of carbonyl (C=O) groups excluding carboxylic acids is 2. The van der Waals surface area contributed by atoms with Crippen molar-refractivity contribution in [3.63, 3.8) is 0 Å². The molecule has 0 heterocycles. The van der Waals surface area contributed by atoms with Crippen LogP contribution in [0.3, 0.4) is 0 Å². The molecule has 2 aromatic carbocycles. The molecule has 2 aromatic rings. The first-order chi connectivity index (χ1) is 11.1. The maximum atomic E-state index is 12.5. The summed E-state index contributed by atoms with van der Waals surface area (Å²) in [6.45, 7) is 3.88. The molecular weight excluding hydrogens is 299 g/mol. The molecular formula is C19H21LiO4. The van der Waals surface area contributed by atoms with Crippen LogP contribution in [0.1, 0.15) is 29.8 Å². The summed E-state index contributed by atoms with van der Waals surface area (Å²) in [7, 11) is 0. The molecule has 0 fully saturated rings. The van der Waals surface area contributed by atoms with E-state index in [4.69, 9.17) is 9.47 Å². The Labute approximate surface area is 154 Å². The van der Waals surface area contributed by atoms with Crippen LogP contribution in [0.2, 0.25) is 0 Å². The van der Waals surface area contributed by atoms with Crippen LogP contribution >= 0.6 is 0 Å². The average Bonchev–Trinajstić information content (AvgIpc) is 2.60. The standard InChI is InChI=1S/C19H20O4.Li.H/c1-3-22-19(21)14(2)18(20)16-11-7-8-12-17(16)23-13-15-9-5-4-6-10-15;;/h4-12,14H,3,13H2,1-2H3;;. The molecule has 0 aliphatic rings. The SMILES string of the molecule is CCOC(=O)C(C)C(=O)c1ccccc1OCc1ccccc1.[LiH]. The van der Waals surface area contributed by atoms with Gasteiger partial charge in [0.2, 0.25) is 0 Å². The van der Waals surface area contributed by atoms with E-state index in [9.17, 15) is 9.59 Å². The molecule has 0 saturated carbocycles. The van der Waals surface area contributed by atoms with Gasteiger partial charge in [-0.2, -0.15) is 0 Å². The Morgan fingerprint density at radius 1 is 1.00 bits per heavy atom. The summed E-state index contributed by atoms with van der Waals surface area (Å²) < 4.78 is 10.7. The Bertz CT molecular complexity index is 670. The first-order valence-electron chi connectivity index (χ1n) is 7.60. The third kappa shape index (κ3) is 5.26. The predicted octanol–water partition coefficient (Wildman–Crippen LogP) is 3.00. The van der Waals surface area contributed by atoms with Gasteiger partial charge in [-0.3, -0.25) is 9.59 Å². The molecule has 1 unspecified atom stereocenters. The summed E-state index contributed by atoms with van der Waals surface area (Å²) >= 11 is 0. The van der Waals surface area contributed by atoms with E-state index in [2.05, 4.69) is 0 Å². The fraction of sp³-hybridized carbons (Fsp3) is 0.263. The zero-order valence-corrected chi connectivity index (χ0v) is 13.3. The average molecular weight is 320 g/mol. The van der Waals surface area contributed by atoms with Gasteiger partial charge in [0.25, 0.3) is 0 Å². The van der Waals surface area contributed by atoms with E-state index in [-0.39, 0.29) is 31.3 Å². The van der Waals surface area contributed by atoms with Gasteiger partial charge >= 0.3 is 24.8 Å². The van der Waals surface area contributed by atoms with Crippen molar-refractivity contribution in [3.8, 4) is 5.75 Å². The summed E-state index contributed by atoms with van der Waals surface area (Å²) in [5, 5.41) is 0. The fourth-order valence-corrected chi connectivity index (χ4v) is 2.14. The number of carbonyl (C=O) groups is 2. The molecule has 0 saturated heterocycles. The van der Waals surface area contributed by atoms with Gasteiger partial charge < -0.3 is 9.47 Å². The van der Waals surface area contributed by atoms with Crippen LogP contribution in [0, 0.1) is 5.92 Å². The van der Waals surface area contributed by atoms with Crippen molar-refractivity contribution in [1.29, 1.82) is 0 Å². The Morgan fingerprint density at radius 3 is 2.29 bits per heavy atom. The molecule has 1 atom stereocenters. The van der Waals surface area contributed by atoms with Gasteiger partial charge in [0.1, 0.15) is 18.3 Å². The molecule has 0 amide bonds. The molecule has 0 radical (unpaired) electrons. The number of para-hydroxylation sites is 1. The monoisotopic (exact) mass is 320 g/mol. The maximum absolute atomic E-state index is 12.5. The first-order valence-corrected chi connectivity index (χ1v) is 7.60. The molecule has 0 aromatic heterocycles. The number of Topliss-reactive ketones (excluding diaryl/α,β-unsaturated/α-hetero) is 1. The Kier molecular flexibility index (Phi) is 8.32. The van der Waals surface area contributed by atoms with E-state index in [1.165, 1.54) is 0 Å². The normalized spacial score (nSPS) is 11.1. The Balaban J connectivity index is 0.00000288. The minimum atomic E-state index is -0.851. The molecule has 122 valence electrons. The number of ether oxygens (including phenoxy) is 2. The van der Waals surface area contributed by atoms with Gasteiger partial charge in [-0.1, -0.05) is 42.5 Å². The van der Waals surface area contributed by atoms with E-state index in [0.717, 1.165) is 5.56 Å². The second-order valence-electron chi connectivity index (χ2n) is 5.11. The van der Waals surface area contributed by atoms with E-state index in [0.29, 0.717) is 17.9 Å². The van der Waals surface area contributed by atoms with Crippen molar-refractivity contribution in [2.45, 2.75) is 20.5 Å². The summed E-state index contributed by atoms with van der Waals surface area (Å²) in [6, 6.07) is 16.6. The summed E-state index contributed by atoms with van der Waals surface area (Å²) in [4.78, 5) is 24.3. The zero-order chi connectivity index (χ0) is 16.7. The van der Waals surface area contributed by atoms with Crippen LogP contribution < -0.4 is 4.74 Å². The van der Waals surface area contributed by atoms with E-state index in [1.54, 1.807) is 38.1 Å². The Morgan fingerprint density at radius 2 is 1.62 bits per heavy atom. The fourth-order valence-electron chi connectivity index (χ4n) is 2.14. The van der Waals surface area contributed by atoms with Crippen molar-refractivity contribution in [2.75, 3.05) is 6.61 Å². The van der Waals surface area contributed by atoms with Crippen molar-refractivity contribution in [1.82, 2.24) is 0 Å². The van der Waals surface area contributed by atoms with Crippen molar-refractivity contribution >= 4 is 30.6 Å². The van der Waals surface area contributed by atoms with Crippen LogP contribution in [0.15, 0.2) is 54.6 Å². The van der Waals surface area contributed by atoms with Crippen LogP contribution in [-0.2, 0) is 16.1 Å².